The molecule has 2 aromatic rings. The van der Waals surface area contributed by atoms with Crippen molar-refractivity contribution < 1.29 is 0 Å². The molecule has 1 atom stereocenters. The van der Waals surface area contributed by atoms with Gasteiger partial charge in [0.05, 0.1) is 5.69 Å². The van der Waals surface area contributed by atoms with E-state index in [1.807, 2.05) is 19.3 Å². The first-order chi connectivity index (χ1) is 8.81. The molecule has 0 amide bonds. The SMILES string of the molecule is CNC(CCc1ccccc1)c1ncccc1C. The van der Waals surface area contributed by atoms with Crippen LogP contribution >= 0.6 is 0 Å². The second kappa shape index (κ2) is 6.31. The third kappa shape index (κ3) is 3.17. The number of hydrogen-bond donors (Lipinski definition) is 1. The summed E-state index contributed by atoms with van der Waals surface area (Å²) >= 11 is 0. The Hall–Kier alpha value is -1.67. The molecule has 0 aliphatic heterocycles. The molecule has 18 heavy (non-hydrogen) atoms. The average molecular weight is 240 g/mol. The summed E-state index contributed by atoms with van der Waals surface area (Å²) in [6.07, 6.45) is 4.01. The molecule has 1 unspecified atom stereocenters. The Labute approximate surface area is 109 Å². The fraction of sp³-hybridized carbons (Fsp3) is 0.312. The average Bonchev–Trinajstić information content (AvgIpc) is 2.42. The Morgan fingerprint density at radius 2 is 1.89 bits per heavy atom. The Morgan fingerprint density at radius 1 is 1.11 bits per heavy atom. The van der Waals surface area contributed by atoms with E-state index in [-0.39, 0.29) is 0 Å². The molecule has 0 fully saturated rings. The molecule has 0 saturated carbocycles. The Bertz CT molecular complexity index is 479. The number of nitrogens with zero attached hydrogens (tertiary/aromatic N) is 1. The lowest BCUT2D eigenvalue weighted by Gasteiger charge is -2.17. The molecule has 1 aromatic heterocycles. The summed E-state index contributed by atoms with van der Waals surface area (Å²) in [7, 11) is 2.00. The van der Waals surface area contributed by atoms with Gasteiger partial charge in [-0.15, -0.1) is 0 Å². The van der Waals surface area contributed by atoms with Crippen LogP contribution in [0.2, 0.25) is 0 Å². The van der Waals surface area contributed by atoms with Crippen molar-refractivity contribution in [1.29, 1.82) is 0 Å². The smallest absolute Gasteiger partial charge is 0.0602 e. The summed E-state index contributed by atoms with van der Waals surface area (Å²) in [6.45, 7) is 2.12. The van der Waals surface area contributed by atoms with Gasteiger partial charge in [-0.3, -0.25) is 4.98 Å². The largest absolute Gasteiger partial charge is 0.312 e. The number of rotatable bonds is 5. The number of aromatic nitrogens is 1. The van der Waals surface area contributed by atoms with Crippen LogP contribution in [0.25, 0.3) is 0 Å². The third-order valence-electron chi connectivity index (χ3n) is 3.29. The van der Waals surface area contributed by atoms with E-state index in [2.05, 4.69) is 53.6 Å². The van der Waals surface area contributed by atoms with Crippen LogP contribution in [-0.4, -0.2) is 12.0 Å². The molecule has 0 aliphatic rings. The molecule has 2 rings (SSSR count). The van der Waals surface area contributed by atoms with Gasteiger partial charge in [-0.25, -0.2) is 0 Å². The van der Waals surface area contributed by atoms with Gasteiger partial charge in [0.2, 0.25) is 0 Å². The van der Waals surface area contributed by atoms with Crippen molar-refractivity contribution in [3.05, 3.63) is 65.5 Å². The standard InChI is InChI=1S/C16H20N2/c1-13-7-6-12-18-16(13)15(17-2)11-10-14-8-4-3-5-9-14/h3-9,12,15,17H,10-11H2,1-2H3. The lowest BCUT2D eigenvalue weighted by atomic mass is 10.0. The van der Waals surface area contributed by atoms with Gasteiger partial charge < -0.3 is 5.32 Å². The summed E-state index contributed by atoms with van der Waals surface area (Å²) in [5.74, 6) is 0. The third-order valence-corrected chi connectivity index (χ3v) is 3.29. The van der Waals surface area contributed by atoms with Crippen molar-refractivity contribution in [2.45, 2.75) is 25.8 Å². The van der Waals surface area contributed by atoms with Crippen molar-refractivity contribution in [2.24, 2.45) is 0 Å². The van der Waals surface area contributed by atoms with Crippen molar-refractivity contribution in [1.82, 2.24) is 10.3 Å². The van der Waals surface area contributed by atoms with Crippen molar-refractivity contribution in [3.8, 4) is 0 Å². The number of pyridine rings is 1. The zero-order valence-corrected chi connectivity index (χ0v) is 11.1. The van der Waals surface area contributed by atoms with Crippen LogP contribution in [0.3, 0.4) is 0 Å². The molecule has 94 valence electrons. The van der Waals surface area contributed by atoms with Gasteiger partial charge in [0, 0.05) is 12.2 Å². The number of nitrogens with one attached hydrogen (secondary N) is 1. The van der Waals surface area contributed by atoms with E-state index in [4.69, 9.17) is 0 Å². The molecule has 0 spiro atoms. The van der Waals surface area contributed by atoms with Gasteiger partial charge >= 0.3 is 0 Å². The molecule has 2 nitrogen and oxygen atoms in total. The van der Waals surface area contributed by atoms with E-state index < -0.39 is 0 Å². The molecular formula is C16H20N2. The van der Waals surface area contributed by atoms with E-state index in [1.54, 1.807) is 0 Å². The van der Waals surface area contributed by atoms with Gasteiger partial charge in [-0.1, -0.05) is 36.4 Å². The van der Waals surface area contributed by atoms with E-state index >= 15 is 0 Å². The van der Waals surface area contributed by atoms with E-state index in [1.165, 1.54) is 11.1 Å². The van der Waals surface area contributed by atoms with Crippen LogP contribution in [0.15, 0.2) is 48.7 Å². The van der Waals surface area contributed by atoms with Crippen molar-refractivity contribution in [2.75, 3.05) is 7.05 Å². The van der Waals surface area contributed by atoms with Crippen LogP contribution in [-0.2, 0) is 6.42 Å². The fourth-order valence-corrected chi connectivity index (χ4v) is 2.24. The van der Waals surface area contributed by atoms with E-state index in [0.717, 1.165) is 18.5 Å². The monoisotopic (exact) mass is 240 g/mol. The molecule has 1 heterocycles. The summed E-state index contributed by atoms with van der Waals surface area (Å²) in [5, 5.41) is 3.37. The molecular weight excluding hydrogens is 220 g/mol. The molecule has 0 saturated heterocycles. The second-order valence-electron chi connectivity index (χ2n) is 4.57. The predicted octanol–water partition coefficient (Wildman–Crippen LogP) is 3.28. The first kappa shape index (κ1) is 12.8. The van der Waals surface area contributed by atoms with Crippen LogP contribution in [0.4, 0.5) is 0 Å². The number of benzene rings is 1. The minimum absolute atomic E-state index is 0.325. The van der Waals surface area contributed by atoms with Gasteiger partial charge in [0.1, 0.15) is 0 Å². The van der Waals surface area contributed by atoms with Crippen LogP contribution < -0.4 is 5.32 Å². The predicted molar refractivity (Wildman–Crippen MR) is 75.5 cm³/mol. The van der Waals surface area contributed by atoms with Crippen LogP contribution in [0, 0.1) is 6.92 Å². The normalized spacial score (nSPS) is 12.3. The summed E-state index contributed by atoms with van der Waals surface area (Å²) < 4.78 is 0. The highest BCUT2D eigenvalue weighted by Crippen LogP contribution is 2.19. The highest BCUT2D eigenvalue weighted by Gasteiger charge is 2.12. The molecule has 2 heteroatoms. The van der Waals surface area contributed by atoms with E-state index in [0.29, 0.717) is 6.04 Å². The fourth-order valence-electron chi connectivity index (χ4n) is 2.24. The lowest BCUT2D eigenvalue weighted by Crippen LogP contribution is -2.19. The van der Waals surface area contributed by atoms with Gasteiger partial charge in [-0.05, 0) is 44.0 Å². The summed E-state index contributed by atoms with van der Waals surface area (Å²) in [5.41, 5.74) is 3.80. The zero-order valence-electron chi connectivity index (χ0n) is 11.1. The van der Waals surface area contributed by atoms with E-state index in [9.17, 15) is 0 Å². The molecule has 1 N–H and O–H groups in total. The van der Waals surface area contributed by atoms with Gasteiger partial charge in [-0.2, -0.15) is 0 Å². The van der Waals surface area contributed by atoms with Gasteiger partial charge in [0.25, 0.3) is 0 Å². The summed E-state index contributed by atoms with van der Waals surface area (Å²) in [4.78, 5) is 4.50. The maximum atomic E-state index is 4.50. The second-order valence-corrected chi connectivity index (χ2v) is 4.57. The molecule has 0 bridgehead atoms. The minimum Gasteiger partial charge on any atom is -0.312 e. The molecule has 1 aromatic carbocycles. The topological polar surface area (TPSA) is 24.9 Å². The molecule has 0 aliphatic carbocycles. The van der Waals surface area contributed by atoms with Crippen molar-refractivity contribution >= 4 is 0 Å². The first-order valence-electron chi connectivity index (χ1n) is 6.44. The quantitative estimate of drug-likeness (QED) is 0.867. The Kier molecular flexibility index (Phi) is 4.48. The first-order valence-corrected chi connectivity index (χ1v) is 6.44. The highest BCUT2D eigenvalue weighted by atomic mass is 14.9. The maximum absolute atomic E-state index is 4.50. The maximum Gasteiger partial charge on any atom is 0.0602 e. The number of aryl methyl sites for hydroxylation is 2. The Morgan fingerprint density at radius 3 is 2.56 bits per heavy atom. The van der Waals surface area contributed by atoms with Crippen LogP contribution in [0.5, 0.6) is 0 Å². The lowest BCUT2D eigenvalue weighted by molar-refractivity contribution is 0.533. The number of hydrogen-bond acceptors (Lipinski definition) is 2. The Balaban J connectivity index is 2.04. The van der Waals surface area contributed by atoms with Crippen molar-refractivity contribution in [3.63, 3.8) is 0 Å². The van der Waals surface area contributed by atoms with Crippen LogP contribution in [0.1, 0.15) is 29.3 Å². The zero-order chi connectivity index (χ0) is 12.8. The molecule has 0 radical (unpaired) electrons. The summed E-state index contributed by atoms with van der Waals surface area (Å²) in [6, 6.07) is 15.0. The minimum atomic E-state index is 0.325. The van der Waals surface area contributed by atoms with Gasteiger partial charge in [0.15, 0.2) is 0 Å². The highest BCUT2D eigenvalue weighted by molar-refractivity contribution is 5.22.